The van der Waals surface area contributed by atoms with Crippen molar-refractivity contribution in [3.05, 3.63) is 65.5 Å². The fraction of sp³-hybridized carbons (Fsp3) is 0.273. The maximum atomic E-state index is 13.1. The predicted molar refractivity (Wildman–Crippen MR) is 122 cm³/mol. The average Bonchev–Trinajstić information content (AvgIpc) is 3.11. The monoisotopic (exact) mass is 492 g/mol. The van der Waals surface area contributed by atoms with Crippen molar-refractivity contribution in [2.45, 2.75) is 11.3 Å². The van der Waals surface area contributed by atoms with E-state index in [1.165, 1.54) is 39.9 Å². The molecule has 2 aromatic carbocycles. The van der Waals surface area contributed by atoms with E-state index in [2.05, 4.69) is 10.3 Å². The Bertz CT molecular complexity index is 1220. The molecule has 4 rings (SSSR count). The van der Waals surface area contributed by atoms with Crippen LogP contribution in [0.15, 0.2) is 58.8 Å². The first kappa shape index (κ1) is 23.4. The molecule has 0 spiro atoms. The van der Waals surface area contributed by atoms with Gasteiger partial charge in [-0.15, -0.1) is 11.3 Å². The Hall–Kier alpha value is -2.73. The third-order valence-electron chi connectivity index (χ3n) is 5.26. The van der Waals surface area contributed by atoms with Crippen LogP contribution in [0.3, 0.4) is 0 Å². The van der Waals surface area contributed by atoms with Crippen LogP contribution in [0.25, 0.3) is 11.3 Å². The largest absolute Gasteiger partial charge is 0.301 e. The number of carbonyl (C=O) groups is 1. The van der Waals surface area contributed by atoms with Gasteiger partial charge in [-0.2, -0.15) is 4.31 Å². The van der Waals surface area contributed by atoms with E-state index >= 15 is 0 Å². The number of hydrogen-bond acceptors (Lipinski definition) is 6. The minimum atomic E-state index is -3.72. The quantitative estimate of drug-likeness (QED) is 0.570. The molecule has 33 heavy (non-hydrogen) atoms. The van der Waals surface area contributed by atoms with Gasteiger partial charge in [0.15, 0.2) is 5.13 Å². The van der Waals surface area contributed by atoms with Crippen molar-refractivity contribution in [1.29, 1.82) is 0 Å². The minimum Gasteiger partial charge on any atom is -0.301 e. The Kier molecular flexibility index (Phi) is 7.13. The third kappa shape index (κ3) is 5.80. The number of anilines is 1. The number of nitrogens with one attached hydrogen (secondary N) is 1. The van der Waals surface area contributed by atoms with Crippen LogP contribution in [0, 0.1) is 11.6 Å². The van der Waals surface area contributed by atoms with Gasteiger partial charge in [0.1, 0.15) is 11.6 Å². The molecular formula is C22H22F2N4O3S2. The van der Waals surface area contributed by atoms with Crippen LogP contribution >= 0.6 is 11.3 Å². The van der Waals surface area contributed by atoms with Crippen molar-refractivity contribution in [3.63, 3.8) is 0 Å². The Labute approximate surface area is 194 Å². The van der Waals surface area contributed by atoms with Crippen LogP contribution in [-0.2, 0) is 14.8 Å². The summed E-state index contributed by atoms with van der Waals surface area (Å²) in [4.78, 5) is 18.8. The molecular weight excluding hydrogens is 470 g/mol. The van der Waals surface area contributed by atoms with Crippen molar-refractivity contribution in [2.75, 3.05) is 38.0 Å². The van der Waals surface area contributed by atoms with Gasteiger partial charge in [-0.25, -0.2) is 22.2 Å². The van der Waals surface area contributed by atoms with E-state index in [9.17, 15) is 22.0 Å². The van der Waals surface area contributed by atoms with Gasteiger partial charge in [-0.3, -0.25) is 9.69 Å². The number of rotatable bonds is 6. The molecule has 0 saturated carbocycles. The summed E-state index contributed by atoms with van der Waals surface area (Å²) in [6.07, 6.45) is 0.569. The summed E-state index contributed by atoms with van der Waals surface area (Å²) in [6, 6.07) is 10.7. The van der Waals surface area contributed by atoms with Crippen molar-refractivity contribution < 1.29 is 22.0 Å². The smallest absolute Gasteiger partial charge is 0.243 e. The molecule has 0 unspecified atom stereocenters. The van der Waals surface area contributed by atoms with Gasteiger partial charge in [0.25, 0.3) is 0 Å². The number of carbonyl (C=O) groups excluding carboxylic acids is 1. The van der Waals surface area contributed by atoms with Gasteiger partial charge in [0.05, 0.1) is 17.1 Å². The minimum absolute atomic E-state index is 0.0517. The Morgan fingerprint density at radius 1 is 0.970 bits per heavy atom. The van der Waals surface area contributed by atoms with Crippen LogP contribution in [0.5, 0.6) is 0 Å². The molecule has 1 saturated heterocycles. The van der Waals surface area contributed by atoms with E-state index in [4.69, 9.17) is 0 Å². The van der Waals surface area contributed by atoms with Crippen LogP contribution in [0.1, 0.15) is 6.42 Å². The number of halogens is 2. The van der Waals surface area contributed by atoms with Gasteiger partial charge in [0, 0.05) is 30.6 Å². The fourth-order valence-corrected chi connectivity index (χ4v) is 5.75. The van der Waals surface area contributed by atoms with Gasteiger partial charge in [-0.1, -0.05) is 0 Å². The summed E-state index contributed by atoms with van der Waals surface area (Å²) >= 11 is 1.28. The standard InChI is InChI=1S/C22H22F2N4O3S2/c23-17-4-2-16(3-5-17)20-15-32-22(25-20)26-21(29)14-27-10-1-11-28(13-12-27)33(30,31)19-8-6-18(24)7-9-19/h2-9,15H,1,10-14H2,(H,25,26,29). The maximum Gasteiger partial charge on any atom is 0.243 e. The topological polar surface area (TPSA) is 82.6 Å². The highest BCUT2D eigenvalue weighted by Gasteiger charge is 2.27. The molecule has 1 aromatic heterocycles. The molecule has 1 fully saturated rings. The molecule has 3 aromatic rings. The van der Waals surface area contributed by atoms with Crippen LogP contribution in [-0.4, -0.2) is 61.2 Å². The van der Waals surface area contributed by atoms with Crippen molar-refractivity contribution in [3.8, 4) is 11.3 Å². The van der Waals surface area contributed by atoms with E-state index in [0.29, 0.717) is 36.9 Å². The first-order valence-corrected chi connectivity index (χ1v) is 12.6. The van der Waals surface area contributed by atoms with E-state index in [0.717, 1.165) is 17.7 Å². The summed E-state index contributed by atoms with van der Waals surface area (Å²) in [5.74, 6) is -1.07. The molecule has 0 atom stereocenters. The number of amides is 1. The average molecular weight is 493 g/mol. The summed E-state index contributed by atoms with van der Waals surface area (Å²) in [7, 11) is -3.72. The third-order valence-corrected chi connectivity index (χ3v) is 7.93. The number of sulfonamides is 1. The first-order chi connectivity index (χ1) is 15.8. The molecule has 1 amide bonds. The fourth-order valence-electron chi connectivity index (χ4n) is 3.55. The second-order valence-electron chi connectivity index (χ2n) is 7.58. The number of aromatic nitrogens is 1. The Morgan fingerprint density at radius 2 is 1.64 bits per heavy atom. The summed E-state index contributed by atoms with van der Waals surface area (Å²) in [5.41, 5.74) is 1.40. The normalized spacial score (nSPS) is 15.8. The van der Waals surface area contributed by atoms with Crippen molar-refractivity contribution in [1.82, 2.24) is 14.2 Å². The Morgan fingerprint density at radius 3 is 2.33 bits per heavy atom. The predicted octanol–water partition coefficient (Wildman–Crippen LogP) is 3.42. The lowest BCUT2D eigenvalue weighted by Crippen LogP contribution is -2.38. The maximum absolute atomic E-state index is 13.1. The second kappa shape index (κ2) is 10.0. The van der Waals surface area contributed by atoms with Crippen LogP contribution in [0.4, 0.5) is 13.9 Å². The summed E-state index contributed by atoms with van der Waals surface area (Å²) in [5, 5.41) is 4.99. The molecule has 0 radical (unpaired) electrons. The van der Waals surface area contributed by atoms with Crippen LogP contribution in [0.2, 0.25) is 0 Å². The zero-order chi connectivity index (χ0) is 23.4. The van der Waals surface area contributed by atoms with Gasteiger partial charge in [-0.05, 0) is 61.5 Å². The first-order valence-electron chi connectivity index (χ1n) is 10.3. The molecule has 2 heterocycles. The highest BCUT2D eigenvalue weighted by Crippen LogP contribution is 2.25. The summed E-state index contributed by atoms with van der Waals surface area (Å²) in [6.45, 7) is 1.63. The SMILES string of the molecule is O=C(CN1CCCN(S(=O)(=O)c2ccc(F)cc2)CC1)Nc1nc(-c2ccc(F)cc2)cs1. The van der Waals surface area contributed by atoms with Crippen LogP contribution < -0.4 is 5.32 Å². The molecule has 0 bridgehead atoms. The number of benzene rings is 2. The molecule has 0 aliphatic carbocycles. The second-order valence-corrected chi connectivity index (χ2v) is 10.4. The van der Waals surface area contributed by atoms with Crippen molar-refractivity contribution in [2.24, 2.45) is 0 Å². The highest BCUT2D eigenvalue weighted by molar-refractivity contribution is 7.89. The molecule has 7 nitrogen and oxygen atoms in total. The van der Waals surface area contributed by atoms with Crippen molar-refractivity contribution >= 4 is 32.4 Å². The van der Waals surface area contributed by atoms with E-state index < -0.39 is 15.8 Å². The Balaban J connectivity index is 1.32. The zero-order valence-electron chi connectivity index (χ0n) is 17.6. The molecule has 174 valence electrons. The number of hydrogen-bond donors (Lipinski definition) is 1. The van der Waals surface area contributed by atoms with Gasteiger partial charge in [0.2, 0.25) is 15.9 Å². The van der Waals surface area contributed by atoms with E-state index in [1.807, 2.05) is 4.90 Å². The van der Waals surface area contributed by atoms with E-state index in [-0.39, 0.29) is 29.7 Å². The molecule has 1 aliphatic heterocycles. The lowest BCUT2D eigenvalue weighted by Gasteiger charge is -2.21. The molecule has 1 N–H and O–H groups in total. The number of thiazole rings is 1. The number of nitrogens with zero attached hydrogens (tertiary/aromatic N) is 3. The zero-order valence-corrected chi connectivity index (χ0v) is 19.2. The molecule has 1 aliphatic rings. The van der Waals surface area contributed by atoms with E-state index in [1.54, 1.807) is 17.5 Å². The molecule has 11 heteroatoms. The van der Waals surface area contributed by atoms with Gasteiger partial charge < -0.3 is 5.32 Å². The van der Waals surface area contributed by atoms with Gasteiger partial charge >= 0.3 is 0 Å². The lowest BCUT2D eigenvalue weighted by atomic mass is 10.2. The highest BCUT2D eigenvalue weighted by atomic mass is 32.2. The lowest BCUT2D eigenvalue weighted by molar-refractivity contribution is -0.117. The summed E-state index contributed by atoms with van der Waals surface area (Å²) < 4.78 is 53.3.